The second kappa shape index (κ2) is 6.48. The van der Waals surface area contributed by atoms with Crippen LogP contribution in [-0.2, 0) is 4.79 Å². The molecule has 1 fully saturated rings. The van der Waals surface area contributed by atoms with Crippen LogP contribution >= 0.6 is 11.8 Å². The van der Waals surface area contributed by atoms with E-state index in [1.54, 1.807) is 11.8 Å². The third-order valence-electron chi connectivity index (χ3n) is 3.75. The minimum atomic E-state index is 0.123. The summed E-state index contributed by atoms with van der Waals surface area (Å²) < 4.78 is 7.76. The van der Waals surface area contributed by atoms with Gasteiger partial charge in [0.05, 0.1) is 18.0 Å². The Labute approximate surface area is 135 Å². The van der Waals surface area contributed by atoms with Crippen LogP contribution < -0.4 is 4.74 Å². The summed E-state index contributed by atoms with van der Waals surface area (Å²) in [5.74, 6) is 1.66. The summed E-state index contributed by atoms with van der Waals surface area (Å²) in [4.78, 5) is 13.8. The molecule has 1 saturated heterocycles. The molecule has 1 aliphatic heterocycles. The predicted octanol–water partition coefficient (Wildman–Crippen LogP) is 3.47. The van der Waals surface area contributed by atoms with Crippen molar-refractivity contribution in [2.24, 2.45) is 0 Å². The average molecular weight is 316 g/mol. The van der Waals surface area contributed by atoms with Gasteiger partial charge in [0.1, 0.15) is 11.1 Å². The molecule has 0 spiro atoms. The highest BCUT2D eigenvalue weighted by Crippen LogP contribution is 2.39. The molecule has 0 N–H and O–H groups in total. The molecular weight excluding hydrogens is 296 g/mol. The summed E-state index contributed by atoms with van der Waals surface area (Å²) in [5.41, 5.74) is 2.18. The Bertz CT molecular complexity index is 668. The molecule has 4 nitrogen and oxygen atoms in total. The summed E-state index contributed by atoms with van der Waals surface area (Å²) >= 11 is 1.69. The van der Waals surface area contributed by atoms with Gasteiger partial charge in [-0.15, -0.1) is 11.8 Å². The highest BCUT2D eigenvalue weighted by molar-refractivity contribution is 8.00. The molecule has 0 radical (unpaired) electrons. The highest BCUT2D eigenvalue weighted by atomic mass is 32.2. The number of thioether (sulfide) groups is 1. The number of nitrogens with zero attached hydrogens (tertiary/aromatic N) is 2. The van der Waals surface area contributed by atoms with Crippen LogP contribution in [0, 0.1) is 0 Å². The van der Waals surface area contributed by atoms with E-state index in [0.29, 0.717) is 12.4 Å². The molecule has 1 aliphatic rings. The molecule has 22 heavy (non-hydrogen) atoms. The monoisotopic (exact) mass is 316 g/mol. The van der Waals surface area contributed by atoms with Crippen LogP contribution in [0.3, 0.4) is 0 Å². The number of benzene rings is 1. The van der Waals surface area contributed by atoms with Crippen LogP contribution in [0.4, 0.5) is 0 Å². The lowest BCUT2D eigenvalue weighted by atomic mass is 10.3. The Balaban J connectivity index is 1.90. The number of hydrogen-bond acceptors (Lipinski definition) is 3. The van der Waals surface area contributed by atoms with Gasteiger partial charge in [-0.3, -0.25) is 4.79 Å². The van der Waals surface area contributed by atoms with E-state index >= 15 is 0 Å². The van der Waals surface area contributed by atoms with Crippen LogP contribution in [0.15, 0.2) is 42.7 Å². The zero-order valence-electron chi connectivity index (χ0n) is 12.9. The van der Waals surface area contributed by atoms with Crippen molar-refractivity contribution in [1.82, 2.24) is 9.47 Å². The van der Waals surface area contributed by atoms with Crippen LogP contribution in [0.2, 0.25) is 0 Å². The second-order valence-corrected chi connectivity index (χ2v) is 6.16. The minimum Gasteiger partial charge on any atom is -0.492 e. The largest absolute Gasteiger partial charge is 0.492 e. The number of ether oxygens (including phenoxy) is 1. The van der Waals surface area contributed by atoms with Crippen molar-refractivity contribution in [3.8, 4) is 11.4 Å². The lowest BCUT2D eigenvalue weighted by molar-refractivity contribution is -0.127. The summed E-state index contributed by atoms with van der Waals surface area (Å²) in [6.45, 7) is 5.40. The van der Waals surface area contributed by atoms with Crippen LogP contribution in [0.5, 0.6) is 5.75 Å². The van der Waals surface area contributed by atoms with E-state index in [-0.39, 0.29) is 11.3 Å². The van der Waals surface area contributed by atoms with Gasteiger partial charge in [-0.25, -0.2) is 0 Å². The van der Waals surface area contributed by atoms with Crippen LogP contribution in [0.25, 0.3) is 5.69 Å². The van der Waals surface area contributed by atoms with Gasteiger partial charge in [0.2, 0.25) is 5.91 Å². The molecule has 1 unspecified atom stereocenters. The van der Waals surface area contributed by atoms with Crippen molar-refractivity contribution >= 4 is 17.7 Å². The molecule has 2 heterocycles. The second-order valence-electron chi connectivity index (χ2n) is 5.10. The van der Waals surface area contributed by atoms with Crippen molar-refractivity contribution in [1.29, 1.82) is 0 Å². The summed E-state index contributed by atoms with van der Waals surface area (Å²) in [7, 11) is 0. The maximum absolute atomic E-state index is 11.9. The van der Waals surface area contributed by atoms with Gasteiger partial charge in [-0.1, -0.05) is 12.1 Å². The first-order chi connectivity index (χ1) is 10.7. The van der Waals surface area contributed by atoms with Crippen molar-refractivity contribution in [3.05, 3.63) is 48.3 Å². The van der Waals surface area contributed by atoms with Gasteiger partial charge in [-0.05, 0) is 32.0 Å². The van der Waals surface area contributed by atoms with Gasteiger partial charge < -0.3 is 14.2 Å². The van der Waals surface area contributed by atoms with E-state index in [2.05, 4.69) is 16.8 Å². The van der Waals surface area contributed by atoms with E-state index in [4.69, 9.17) is 4.74 Å². The topological polar surface area (TPSA) is 34.5 Å². The molecule has 1 amide bonds. The molecule has 0 bridgehead atoms. The van der Waals surface area contributed by atoms with Gasteiger partial charge >= 0.3 is 0 Å². The molecular formula is C17H20N2O2S. The first-order valence-corrected chi connectivity index (χ1v) is 8.60. The number of rotatable bonds is 5. The first-order valence-electron chi connectivity index (χ1n) is 7.55. The fraction of sp³-hybridized carbons (Fsp3) is 0.353. The SMILES string of the molecule is CCOc1ccccc1-n1ccc(C2SCC(=O)N2CC)c1. The van der Waals surface area contributed by atoms with Crippen molar-refractivity contribution in [2.75, 3.05) is 18.9 Å². The molecule has 116 valence electrons. The molecule has 3 rings (SSSR count). The molecule has 1 atom stereocenters. The molecule has 0 saturated carbocycles. The fourth-order valence-corrected chi connectivity index (χ4v) is 3.97. The maximum atomic E-state index is 11.9. The van der Waals surface area contributed by atoms with E-state index in [0.717, 1.165) is 23.5 Å². The number of aromatic nitrogens is 1. The van der Waals surface area contributed by atoms with Crippen molar-refractivity contribution in [3.63, 3.8) is 0 Å². The third-order valence-corrected chi connectivity index (χ3v) is 5.01. The van der Waals surface area contributed by atoms with Gasteiger partial charge in [0.25, 0.3) is 0 Å². The Morgan fingerprint density at radius 3 is 2.86 bits per heavy atom. The lowest BCUT2D eigenvalue weighted by Crippen LogP contribution is -2.27. The lowest BCUT2D eigenvalue weighted by Gasteiger charge is -2.21. The Morgan fingerprint density at radius 2 is 2.09 bits per heavy atom. The highest BCUT2D eigenvalue weighted by Gasteiger charge is 2.32. The molecule has 1 aromatic carbocycles. The third kappa shape index (κ3) is 2.73. The zero-order valence-corrected chi connectivity index (χ0v) is 13.7. The van der Waals surface area contributed by atoms with Crippen molar-refractivity contribution in [2.45, 2.75) is 19.2 Å². The van der Waals surface area contributed by atoms with Gasteiger partial charge in [0.15, 0.2) is 0 Å². The number of amides is 1. The molecule has 2 aromatic rings. The normalized spacial score (nSPS) is 18.0. The Hall–Kier alpha value is -1.88. The Kier molecular flexibility index (Phi) is 4.43. The zero-order chi connectivity index (χ0) is 15.5. The number of carbonyl (C=O) groups excluding carboxylic acids is 1. The summed E-state index contributed by atoms with van der Waals surface area (Å²) in [6.07, 6.45) is 4.13. The Morgan fingerprint density at radius 1 is 1.27 bits per heavy atom. The minimum absolute atomic E-state index is 0.123. The molecule has 0 aliphatic carbocycles. The van der Waals surface area contributed by atoms with E-state index in [9.17, 15) is 4.79 Å². The summed E-state index contributed by atoms with van der Waals surface area (Å²) in [6, 6.07) is 10.1. The number of hydrogen-bond donors (Lipinski definition) is 0. The quantitative estimate of drug-likeness (QED) is 0.847. The smallest absolute Gasteiger partial charge is 0.233 e. The standard InChI is InChI=1S/C17H20N2O2S/c1-3-19-16(20)12-22-17(19)13-9-10-18(11-13)14-7-5-6-8-15(14)21-4-2/h5-11,17H,3-4,12H2,1-2H3. The maximum Gasteiger partial charge on any atom is 0.233 e. The number of carbonyl (C=O) groups is 1. The van der Waals surface area contributed by atoms with E-state index in [1.165, 1.54) is 0 Å². The average Bonchev–Trinajstić information content (AvgIpc) is 3.14. The van der Waals surface area contributed by atoms with Crippen LogP contribution in [-0.4, -0.2) is 34.3 Å². The first kappa shape index (κ1) is 15.0. The van der Waals surface area contributed by atoms with Gasteiger partial charge in [0, 0.05) is 24.5 Å². The summed E-state index contributed by atoms with van der Waals surface area (Å²) in [5, 5.41) is 0.123. The van der Waals surface area contributed by atoms with E-state index in [1.807, 2.05) is 49.2 Å². The molecule has 5 heteroatoms. The van der Waals surface area contributed by atoms with Crippen molar-refractivity contribution < 1.29 is 9.53 Å². The molecule has 1 aromatic heterocycles. The van der Waals surface area contributed by atoms with E-state index < -0.39 is 0 Å². The van der Waals surface area contributed by atoms with Gasteiger partial charge in [-0.2, -0.15) is 0 Å². The predicted molar refractivity (Wildman–Crippen MR) is 89.5 cm³/mol. The van der Waals surface area contributed by atoms with Crippen LogP contribution in [0.1, 0.15) is 24.8 Å². The fourth-order valence-electron chi connectivity index (χ4n) is 2.73. The number of para-hydroxylation sites is 2.